The van der Waals surface area contributed by atoms with Crippen LogP contribution in [-0.2, 0) is 4.79 Å². The van der Waals surface area contributed by atoms with Crippen LogP contribution in [0.2, 0.25) is 5.02 Å². The first kappa shape index (κ1) is 15.3. The largest absolute Gasteiger partial charge is 0.270 e. The van der Waals surface area contributed by atoms with Crippen molar-refractivity contribution in [2.24, 2.45) is 0 Å². The van der Waals surface area contributed by atoms with E-state index in [-0.39, 0.29) is 5.91 Å². The molecule has 110 valence electrons. The van der Waals surface area contributed by atoms with Crippen LogP contribution in [0, 0.1) is 6.92 Å². The number of benzene rings is 2. The number of thiocarbonyl (C=S) groups is 1. The molecule has 0 atom stereocenters. The molecule has 2 aromatic carbocycles. The topological polar surface area (TPSA) is 20.3 Å². The second-order valence-corrected chi connectivity index (χ2v) is 6.96. The Kier molecular flexibility index (Phi) is 4.34. The lowest BCUT2D eigenvalue weighted by atomic mass is 10.2. The molecule has 0 radical (unpaired) electrons. The lowest BCUT2D eigenvalue weighted by molar-refractivity contribution is -0.113. The molecule has 2 nitrogen and oxygen atoms in total. The number of hydrogen-bond donors (Lipinski definition) is 0. The number of nitrogens with zero attached hydrogens (tertiary/aromatic N) is 1. The maximum Gasteiger partial charge on any atom is 0.270 e. The number of rotatable bonds is 2. The van der Waals surface area contributed by atoms with E-state index < -0.39 is 0 Å². The summed E-state index contributed by atoms with van der Waals surface area (Å²) in [5.74, 6) is -0.112. The quantitative estimate of drug-likeness (QED) is 0.561. The summed E-state index contributed by atoms with van der Waals surface area (Å²) in [6.07, 6.45) is 1.79. The number of carbonyl (C=O) groups excluding carboxylic acids is 1. The van der Waals surface area contributed by atoms with Gasteiger partial charge < -0.3 is 0 Å². The fourth-order valence-corrected chi connectivity index (χ4v) is 3.60. The number of thioether (sulfide) groups is 1. The Morgan fingerprint density at radius 2 is 1.82 bits per heavy atom. The van der Waals surface area contributed by atoms with Crippen molar-refractivity contribution in [1.29, 1.82) is 0 Å². The minimum atomic E-state index is -0.112. The van der Waals surface area contributed by atoms with E-state index in [1.807, 2.05) is 49.4 Å². The fourth-order valence-electron chi connectivity index (χ4n) is 2.12. The van der Waals surface area contributed by atoms with Crippen molar-refractivity contribution in [2.45, 2.75) is 6.92 Å². The third-order valence-electron chi connectivity index (χ3n) is 3.28. The van der Waals surface area contributed by atoms with Gasteiger partial charge in [0.25, 0.3) is 5.91 Å². The number of hydrogen-bond acceptors (Lipinski definition) is 3. The summed E-state index contributed by atoms with van der Waals surface area (Å²) < 4.78 is 0.534. The number of aryl methyl sites for hydroxylation is 1. The zero-order valence-corrected chi connectivity index (χ0v) is 14.1. The molecule has 0 aliphatic carbocycles. The molecule has 5 heteroatoms. The van der Waals surface area contributed by atoms with Crippen LogP contribution < -0.4 is 4.90 Å². The molecule has 1 heterocycles. The predicted molar refractivity (Wildman–Crippen MR) is 98.3 cm³/mol. The van der Waals surface area contributed by atoms with E-state index in [1.54, 1.807) is 17.0 Å². The fraction of sp³-hybridized carbons (Fsp3) is 0.0588. The summed E-state index contributed by atoms with van der Waals surface area (Å²) in [4.78, 5) is 14.8. The first-order valence-electron chi connectivity index (χ1n) is 6.65. The molecule has 1 saturated heterocycles. The van der Waals surface area contributed by atoms with Crippen molar-refractivity contribution < 1.29 is 4.79 Å². The van der Waals surface area contributed by atoms with Gasteiger partial charge in [-0.25, -0.2) is 0 Å². The molecule has 0 saturated carbocycles. The molecule has 0 spiro atoms. The molecule has 0 aromatic heterocycles. The Bertz CT molecular complexity index is 784. The van der Waals surface area contributed by atoms with Crippen molar-refractivity contribution in [3.05, 3.63) is 69.6 Å². The Balaban J connectivity index is 1.95. The first-order chi connectivity index (χ1) is 10.6. The summed E-state index contributed by atoms with van der Waals surface area (Å²) in [5, 5.41) is 0.614. The number of carbonyl (C=O) groups is 1. The lowest BCUT2D eigenvalue weighted by Gasteiger charge is -2.14. The normalized spacial score (nSPS) is 16.6. The van der Waals surface area contributed by atoms with Gasteiger partial charge in [0.05, 0.1) is 10.6 Å². The van der Waals surface area contributed by atoms with Gasteiger partial charge in [0.2, 0.25) is 0 Å². The van der Waals surface area contributed by atoms with Crippen LogP contribution in [0.25, 0.3) is 6.08 Å². The minimum Gasteiger partial charge on any atom is -0.268 e. The summed E-state index contributed by atoms with van der Waals surface area (Å²) in [6, 6.07) is 15.2. The summed E-state index contributed by atoms with van der Waals surface area (Å²) in [6.45, 7) is 2.01. The molecule has 0 bridgehead atoms. The van der Waals surface area contributed by atoms with E-state index in [2.05, 4.69) is 0 Å². The molecular formula is C17H12ClNOS2. The number of anilines is 1. The maximum atomic E-state index is 12.6. The standard InChI is InChI=1S/C17H12ClNOS2/c1-11-6-8-13(9-7-11)19-16(20)15(22-17(19)21)10-12-4-2-3-5-14(12)18/h2-10H,1H3/b15-10-. The van der Waals surface area contributed by atoms with E-state index in [4.69, 9.17) is 23.8 Å². The van der Waals surface area contributed by atoms with Crippen LogP contribution in [0.4, 0.5) is 5.69 Å². The molecule has 2 aromatic rings. The third kappa shape index (κ3) is 2.95. The second kappa shape index (κ2) is 6.24. The van der Waals surface area contributed by atoms with Crippen molar-refractivity contribution in [3.63, 3.8) is 0 Å². The van der Waals surface area contributed by atoms with Crippen LogP contribution in [0.15, 0.2) is 53.4 Å². The van der Waals surface area contributed by atoms with Gasteiger partial charge in [0.15, 0.2) is 4.32 Å². The van der Waals surface area contributed by atoms with Crippen LogP contribution in [0.3, 0.4) is 0 Å². The van der Waals surface area contributed by atoms with Gasteiger partial charge in [-0.3, -0.25) is 9.69 Å². The highest BCUT2D eigenvalue weighted by Gasteiger charge is 2.33. The molecule has 1 aliphatic heterocycles. The van der Waals surface area contributed by atoms with Crippen molar-refractivity contribution >= 4 is 57.6 Å². The van der Waals surface area contributed by atoms with Gasteiger partial charge in [-0.2, -0.15) is 0 Å². The second-order valence-electron chi connectivity index (χ2n) is 4.87. The smallest absolute Gasteiger partial charge is 0.268 e. The van der Waals surface area contributed by atoms with Crippen LogP contribution in [0.1, 0.15) is 11.1 Å². The number of halogens is 1. The molecule has 1 aliphatic rings. The highest BCUT2D eigenvalue weighted by Crippen LogP contribution is 2.36. The Labute approximate surface area is 143 Å². The lowest BCUT2D eigenvalue weighted by Crippen LogP contribution is -2.27. The zero-order chi connectivity index (χ0) is 15.7. The summed E-state index contributed by atoms with van der Waals surface area (Å²) in [7, 11) is 0. The molecule has 0 N–H and O–H groups in total. The molecular weight excluding hydrogens is 334 g/mol. The Hall–Kier alpha value is -1.62. The number of amides is 1. The van der Waals surface area contributed by atoms with E-state index >= 15 is 0 Å². The van der Waals surface area contributed by atoms with Crippen molar-refractivity contribution in [1.82, 2.24) is 0 Å². The molecule has 3 rings (SSSR count). The summed E-state index contributed by atoms with van der Waals surface area (Å²) >= 11 is 12.8. The van der Waals surface area contributed by atoms with Crippen LogP contribution >= 0.6 is 35.6 Å². The van der Waals surface area contributed by atoms with E-state index in [0.717, 1.165) is 16.8 Å². The Morgan fingerprint density at radius 3 is 2.50 bits per heavy atom. The average molecular weight is 346 g/mol. The van der Waals surface area contributed by atoms with E-state index in [1.165, 1.54) is 11.8 Å². The van der Waals surface area contributed by atoms with Gasteiger partial charge in [-0.1, -0.05) is 71.5 Å². The van der Waals surface area contributed by atoms with E-state index in [9.17, 15) is 4.79 Å². The third-order valence-corrected chi connectivity index (χ3v) is 4.92. The monoisotopic (exact) mass is 345 g/mol. The van der Waals surface area contributed by atoms with Gasteiger partial charge in [-0.05, 0) is 36.8 Å². The van der Waals surface area contributed by atoms with Gasteiger partial charge in [-0.15, -0.1) is 0 Å². The molecule has 1 fully saturated rings. The van der Waals surface area contributed by atoms with Gasteiger partial charge in [0.1, 0.15) is 0 Å². The molecule has 0 unspecified atom stereocenters. The van der Waals surface area contributed by atoms with Gasteiger partial charge in [0, 0.05) is 5.02 Å². The average Bonchev–Trinajstić information content (AvgIpc) is 2.77. The van der Waals surface area contributed by atoms with E-state index in [0.29, 0.717) is 14.2 Å². The first-order valence-corrected chi connectivity index (χ1v) is 8.26. The van der Waals surface area contributed by atoms with Crippen molar-refractivity contribution in [3.8, 4) is 0 Å². The SMILES string of the molecule is Cc1ccc(N2C(=O)/C(=C/c3ccccc3Cl)SC2=S)cc1. The Morgan fingerprint density at radius 1 is 1.14 bits per heavy atom. The highest BCUT2D eigenvalue weighted by atomic mass is 35.5. The highest BCUT2D eigenvalue weighted by molar-refractivity contribution is 8.27. The zero-order valence-electron chi connectivity index (χ0n) is 11.7. The maximum absolute atomic E-state index is 12.6. The van der Waals surface area contributed by atoms with Crippen LogP contribution in [-0.4, -0.2) is 10.2 Å². The predicted octanol–water partition coefficient (Wildman–Crippen LogP) is 5.05. The molecule has 1 amide bonds. The molecule has 22 heavy (non-hydrogen) atoms. The minimum absolute atomic E-state index is 0.112. The van der Waals surface area contributed by atoms with Crippen molar-refractivity contribution in [2.75, 3.05) is 4.90 Å². The van der Waals surface area contributed by atoms with Crippen LogP contribution in [0.5, 0.6) is 0 Å². The van der Waals surface area contributed by atoms with Gasteiger partial charge >= 0.3 is 0 Å². The summed E-state index contributed by atoms with van der Waals surface area (Å²) in [5.41, 5.74) is 2.74.